The standard InChI is InChI=1S/C16H10N2O3S/c17-9-15-16(13-3-1-2-4-14(13)22-15)21-10-11-5-7-12(8-6-11)18(19)20/h1-8H,10H2. The lowest BCUT2D eigenvalue weighted by atomic mass is 10.2. The van der Waals surface area contributed by atoms with E-state index >= 15 is 0 Å². The molecule has 0 radical (unpaired) electrons. The van der Waals surface area contributed by atoms with E-state index in [1.165, 1.54) is 23.5 Å². The van der Waals surface area contributed by atoms with E-state index in [0.29, 0.717) is 10.6 Å². The number of non-ortho nitro benzene ring substituents is 1. The average molecular weight is 310 g/mol. The molecule has 0 aliphatic carbocycles. The number of nitro groups is 1. The van der Waals surface area contributed by atoms with Gasteiger partial charge in [0, 0.05) is 22.2 Å². The molecule has 0 atom stereocenters. The second-order valence-electron chi connectivity index (χ2n) is 4.58. The van der Waals surface area contributed by atoms with Crippen LogP contribution in [0, 0.1) is 21.4 Å². The van der Waals surface area contributed by atoms with Crippen molar-refractivity contribution < 1.29 is 9.66 Å². The van der Waals surface area contributed by atoms with E-state index in [1.54, 1.807) is 12.1 Å². The molecule has 6 heteroatoms. The summed E-state index contributed by atoms with van der Waals surface area (Å²) < 4.78 is 6.78. The first-order chi connectivity index (χ1) is 10.7. The number of thiophene rings is 1. The quantitative estimate of drug-likeness (QED) is 0.533. The molecule has 0 spiro atoms. The Morgan fingerprint density at radius 3 is 2.59 bits per heavy atom. The minimum Gasteiger partial charge on any atom is -0.486 e. The van der Waals surface area contributed by atoms with Crippen molar-refractivity contribution >= 4 is 27.1 Å². The van der Waals surface area contributed by atoms with Crippen LogP contribution >= 0.6 is 11.3 Å². The zero-order valence-electron chi connectivity index (χ0n) is 11.4. The van der Waals surface area contributed by atoms with Crippen LogP contribution in [0.25, 0.3) is 10.1 Å². The van der Waals surface area contributed by atoms with Crippen LogP contribution in [0.3, 0.4) is 0 Å². The highest BCUT2D eigenvalue weighted by molar-refractivity contribution is 7.20. The van der Waals surface area contributed by atoms with Crippen LogP contribution in [0.4, 0.5) is 5.69 Å². The largest absolute Gasteiger partial charge is 0.486 e. The highest BCUT2D eigenvalue weighted by atomic mass is 32.1. The molecule has 22 heavy (non-hydrogen) atoms. The lowest BCUT2D eigenvalue weighted by Gasteiger charge is -2.05. The third-order valence-electron chi connectivity index (χ3n) is 3.18. The molecular weight excluding hydrogens is 300 g/mol. The second kappa shape index (κ2) is 5.84. The zero-order chi connectivity index (χ0) is 15.5. The van der Waals surface area contributed by atoms with Gasteiger partial charge in [-0.2, -0.15) is 5.26 Å². The number of nitrogens with zero attached hydrogens (tertiary/aromatic N) is 2. The van der Waals surface area contributed by atoms with Crippen LogP contribution in [0.1, 0.15) is 10.4 Å². The average Bonchev–Trinajstić information content (AvgIpc) is 2.91. The van der Waals surface area contributed by atoms with Crippen molar-refractivity contribution in [2.75, 3.05) is 0 Å². The molecular formula is C16H10N2O3S. The molecule has 0 aliphatic rings. The predicted octanol–water partition coefficient (Wildman–Crippen LogP) is 4.26. The molecule has 0 bridgehead atoms. The van der Waals surface area contributed by atoms with Crippen molar-refractivity contribution in [3.05, 3.63) is 69.1 Å². The van der Waals surface area contributed by atoms with Gasteiger partial charge in [-0.15, -0.1) is 11.3 Å². The van der Waals surface area contributed by atoms with Gasteiger partial charge >= 0.3 is 0 Å². The summed E-state index contributed by atoms with van der Waals surface area (Å²) in [4.78, 5) is 10.7. The fraction of sp³-hybridized carbons (Fsp3) is 0.0625. The summed E-state index contributed by atoms with van der Waals surface area (Å²) in [5.74, 6) is 0.571. The van der Waals surface area contributed by atoms with Crippen LogP contribution in [-0.2, 0) is 6.61 Å². The molecule has 3 aromatic rings. The second-order valence-corrected chi connectivity index (χ2v) is 5.63. The minimum absolute atomic E-state index is 0.0439. The molecule has 0 saturated heterocycles. The number of hydrogen-bond donors (Lipinski definition) is 0. The maximum absolute atomic E-state index is 10.6. The number of nitro benzene ring substituents is 1. The van der Waals surface area contributed by atoms with Gasteiger partial charge in [0.15, 0.2) is 5.75 Å². The number of benzene rings is 2. The molecule has 0 aliphatic heterocycles. The zero-order valence-corrected chi connectivity index (χ0v) is 12.2. The number of fused-ring (bicyclic) bond motifs is 1. The fourth-order valence-corrected chi connectivity index (χ4v) is 3.05. The van der Waals surface area contributed by atoms with Gasteiger partial charge in [0.1, 0.15) is 17.6 Å². The van der Waals surface area contributed by atoms with Crippen molar-refractivity contribution in [2.24, 2.45) is 0 Å². The Labute approximate surface area is 130 Å². The number of hydrogen-bond acceptors (Lipinski definition) is 5. The lowest BCUT2D eigenvalue weighted by Crippen LogP contribution is -1.96. The van der Waals surface area contributed by atoms with E-state index in [1.807, 2.05) is 24.3 Å². The normalized spacial score (nSPS) is 10.3. The van der Waals surface area contributed by atoms with Gasteiger partial charge in [-0.05, 0) is 29.8 Å². The van der Waals surface area contributed by atoms with Crippen molar-refractivity contribution in [1.82, 2.24) is 0 Å². The first-order valence-corrected chi connectivity index (χ1v) is 7.28. The van der Waals surface area contributed by atoms with Crippen LogP contribution in [0.5, 0.6) is 5.75 Å². The Kier molecular flexibility index (Phi) is 3.73. The van der Waals surface area contributed by atoms with Crippen molar-refractivity contribution in [3.8, 4) is 11.8 Å². The van der Waals surface area contributed by atoms with Gasteiger partial charge in [0.2, 0.25) is 0 Å². The van der Waals surface area contributed by atoms with Gasteiger partial charge in [-0.25, -0.2) is 0 Å². The Hall–Kier alpha value is -2.91. The fourth-order valence-electron chi connectivity index (χ4n) is 2.11. The molecule has 0 fully saturated rings. The topological polar surface area (TPSA) is 76.2 Å². The van der Waals surface area contributed by atoms with Gasteiger partial charge in [0.05, 0.1) is 4.92 Å². The van der Waals surface area contributed by atoms with E-state index < -0.39 is 4.92 Å². The van der Waals surface area contributed by atoms with Crippen LogP contribution in [-0.4, -0.2) is 4.92 Å². The Bertz CT molecular complexity index is 879. The van der Waals surface area contributed by atoms with Gasteiger partial charge < -0.3 is 4.74 Å². The molecule has 1 heterocycles. The van der Waals surface area contributed by atoms with Crippen LogP contribution in [0.2, 0.25) is 0 Å². The molecule has 0 amide bonds. The van der Waals surface area contributed by atoms with E-state index in [9.17, 15) is 15.4 Å². The number of ether oxygens (including phenoxy) is 1. The molecule has 0 N–H and O–H groups in total. The molecule has 0 unspecified atom stereocenters. The summed E-state index contributed by atoms with van der Waals surface area (Å²) in [5.41, 5.74) is 0.854. The van der Waals surface area contributed by atoms with Crippen molar-refractivity contribution in [3.63, 3.8) is 0 Å². The highest BCUT2D eigenvalue weighted by Gasteiger charge is 2.13. The van der Waals surface area contributed by atoms with Gasteiger partial charge in [0.25, 0.3) is 5.69 Å². The first kappa shape index (κ1) is 14.0. The van der Waals surface area contributed by atoms with E-state index in [2.05, 4.69) is 6.07 Å². The first-order valence-electron chi connectivity index (χ1n) is 6.47. The molecule has 2 aromatic carbocycles. The summed E-state index contributed by atoms with van der Waals surface area (Å²) in [7, 11) is 0. The summed E-state index contributed by atoms with van der Waals surface area (Å²) >= 11 is 1.39. The van der Waals surface area contributed by atoms with Gasteiger partial charge in [-0.1, -0.05) is 12.1 Å². The van der Waals surface area contributed by atoms with Gasteiger partial charge in [-0.3, -0.25) is 10.1 Å². The molecule has 1 aromatic heterocycles. The minimum atomic E-state index is -0.440. The number of rotatable bonds is 4. The monoisotopic (exact) mass is 310 g/mol. The van der Waals surface area contributed by atoms with Crippen LogP contribution < -0.4 is 4.74 Å². The SMILES string of the molecule is N#Cc1sc2ccccc2c1OCc1ccc([N+](=O)[O-])cc1. The molecule has 0 saturated carbocycles. The Balaban J connectivity index is 1.84. The third kappa shape index (κ3) is 2.62. The lowest BCUT2D eigenvalue weighted by molar-refractivity contribution is -0.384. The molecule has 5 nitrogen and oxygen atoms in total. The Morgan fingerprint density at radius 1 is 1.18 bits per heavy atom. The summed E-state index contributed by atoms with van der Waals surface area (Å²) in [6.45, 7) is 0.257. The summed E-state index contributed by atoms with van der Waals surface area (Å²) in [6.07, 6.45) is 0. The summed E-state index contributed by atoms with van der Waals surface area (Å²) in [6, 6.07) is 16.0. The number of nitriles is 1. The molecule has 3 rings (SSSR count). The summed E-state index contributed by atoms with van der Waals surface area (Å²) in [5, 5.41) is 20.8. The predicted molar refractivity (Wildman–Crippen MR) is 84.0 cm³/mol. The van der Waals surface area contributed by atoms with Crippen molar-refractivity contribution in [1.29, 1.82) is 5.26 Å². The van der Waals surface area contributed by atoms with E-state index in [-0.39, 0.29) is 12.3 Å². The maximum Gasteiger partial charge on any atom is 0.269 e. The Morgan fingerprint density at radius 2 is 1.91 bits per heavy atom. The molecule has 108 valence electrons. The third-order valence-corrected chi connectivity index (χ3v) is 4.24. The van der Waals surface area contributed by atoms with E-state index in [0.717, 1.165) is 15.6 Å². The van der Waals surface area contributed by atoms with Crippen LogP contribution in [0.15, 0.2) is 48.5 Å². The maximum atomic E-state index is 10.6. The van der Waals surface area contributed by atoms with Crippen molar-refractivity contribution in [2.45, 2.75) is 6.61 Å². The van der Waals surface area contributed by atoms with E-state index in [4.69, 9.17) is 4.74 Å². The smallest absolute Gasteiger partial charge is 0.269 e. The highest BCUT2D eigenvalue weighted by Crippen LogP contribution is 2.37.